The van der Waals surface area contributed by atoms with Crippen molar-refractivity contribution in [3.8, 4) is 0 Å². The van der Waals surface area contributed by atoms with Gasteiger partial charge < -0.3 is 10.1 Å². The SMILES string of the molecule is CCCCC1OC(NC)=C(c2cccc(F)c2Cl)C1=O. The molecule has 0 fully saturated rings. The number of carbonyl (C=O) groups is 1. The number of rotatable bonds is 5. The number of nitrogens with one attached hydrogen (secondary N) is 1. The summed E-state index contributed by atoms with van der Waals surface area (Å²) in [5.74, 6) is -0.323. The molecular weight excluding hydrogens is 281 g/mol. The Morgan fingerprint density at radius 3 is 2.85 bits per heavy atom. The number of ether oxygens (including phenoxy) is 1. The Morgan fingerprint density at radius 1 is 1.45 bits per heavy atom. The predicted molar refractivity (Wildman–Crippen MR) is 76.8 cm³/mol. The molecule has 1 heterocycles. The maximum Gasteiger partial charge on any atom is 0.209 e. The maximum absolute atomic E-state index is 13.6. The summed E-state index contributed by atoms with van der Waals surface area (Å²) >= 11 is 5.97. The van der Waals surface area contributed by atoms with Gasteiger partial charge in [0.2, 0.25) is 5.78 Å². The summed E-state index contributed by atoms with van der Waals surface area (Å²) in [6, 6.07) is 4.42. The van der Waals surface area contributed by atoms with Gasteiger partial charge in [-0.05, 0) is 18.9 Å². The largest absolute Gasteiger partial charge is 0.467 e. The molecule has 0 saturated heterocycles. The molecule has 0 radical (unpaired) electrons. The van der Waals surface area contributed by atoms with E-state index < -0.39 is 11.9 Å². The Morgan fingerprint density at radius 2 is 2.20 bits per heavy atom. The number of halogens is 2. The normalized spacial score (nSPS) is 18.4. The van der Waals surface area contributed by atoms with Gasteiger partial charge in [0.25, 0.3) is 0 Å². The summed E-state index contributed by atoms with van der Waals surface area (Å²) in [5, 5.41) is 2.80. The van der Waals surface area contributed by atoms with Crippen molar-refractivity contribution in [2.24, 2.45) is 0 Å². The molecule has 1 atom stereocenters. The Kier molecular flexibility index (Phi) is 4.65. The standard InChI is InChI=1S/C15H17ClFNO2/c1-3-4-8-11-14(19)12(15(18-2)20-11)9-6-5-7-10(17)13(9)16/h5-7,11,18H,3-4,8H2,1-2H3. The van der Waals surface area contributed by atoms with Crippen molar-refractivity contribution in [1.82, 2.24) is 5.32 Å². The third kappa shape index (κ3) is 2.66. The third-order valence-electron chi connectivity index (χ3n) is 3.29. The molecule has 1 aromatic rings. The molecule has 3 nitrogen and oxygen atoms in total. The summed E-state index contributed by atoms with van der Waals surface area (Å²) in [6.07, 6.45) is 2.03. The van der Waals surface area contributed by atoms with Crippen molar-refractivity contribution in [3.05, 3.63) is 40.5 Å². The van der Waals surface area contributed by atoms with Crippen LogP contribution in [0, 0.1) is 5.82 Å². The van der Waals surface area contributed by atoms with E-state index in [9.17, 15) is 9.18 Å². The molecule has 0 bridgehead atoms. The lowest BCUT2D eigenvalue weighted by Crippen LogP contribution is -2.18. The van der Waals surface area contributed by atoms with E-state index in [1.807, 2.05) is 0 Å². The number of unbranched alkanes of at least 4 members (excludes halogenated alkanes) is 1. The van der Waals surface area contributed by atoms with E-state index >= 15 is 0 Å². The number of carbonyl (C=O) groups excluding carboxylic acids is 1. The molecule has 1 unspecified atom stereocenters. The van der Waals surface area contributed by atoms with Crippen LogP contribution in [0.2, 0.25) is 5.02 Å². The zero-order chi connectivity index (χ0) is 14.7. The summed E-state index contributed by atoms with van der Waals surface area (Å²) < 4.78 is 19.2. The van der Waals surface area contributed by atoms with E-state index in [4.69, 9.17) is 16.3 Å². The van der Waals surface area contributed by atoms with Crippen molar-refractivity contribution in [3.63, 3.8) is 0 Å². The summed E-state index contributed by atoms with van der Waals surface area (Å²) in [7, 11) is 1.66. The van der Waals surface area contributed by atoms with Crippen molar-refractivity contribution in [2.75, 3.05) is 7.05 Å². The van der Waals surface area contributed by atoms with Crippen LogP contribution in [-0.4, -0.2) is 18.9 Å². The fraction of sp³-hybridized carbons (Fsp3) is 0.400. The highest BCUT2D eigenvalue weighted by Crippen LogP contribution is 2.35. The van der Waals surface area contributed by atoms with Crippen LogP contribution in [0.15, 0.2) is 24.1 Å². The van der Waals surface area contributed by atoms with Gasteiger partial charge in [0, 0.05) is 12.6 Å². The fourth-order valence-corrected chi connectivity index (χ4v) is 2.46. The molecule has 0 aromatic heterocycles. The van der Waals surface area contributed by atoms with Gasteiger partial charge in [0.15, 0.2) is 12.0 Å². The monoisotopic (exact) mass is 297 g/mol. The lowest BCUT2D eigenvalue weighted by molar-refractivity contribution is -0.120. The highest BCUT2D eigenvalue weighted by Gasteiger charge is 2.36. The molecule has 2 rings (SSSR count). The van der Waals surface area contributed by atoms with Crippen molar-refractivity contribution >= 4 is 23.0 Å². The summed E-state index contributed by atoms with van der Waals surface area (Å²) in [4.78, 5) is 12.4. The number of hydrogen-bond acceptors (Lipinski definition) is 3. The molecule has 0 aliphatic carbocycles. The van der Waals surface area contributed by atoms with Crippen LogP contribution >= 0.6 is 11.6 Å². The smallest absolute Gasteiger partial charge is 0.209 e. The molecular formula is C15H17ClFNO2. The molecule has 0 amide bonds. The van der Waals surface area contributed by atoms with Crippen LogP contribution in [0.1, 0.15) is 31.7 Å². The van der Waals surface area contributed by atoms with Crippen LogP contribution in [0.3, 0.4) is 0 Å². The fourth-order valence-electron chi connectivity index (χ4n) is 2.24. The zero-order valence-electron chi connectivity index (χ0n) is 11.5. The minimum atomic E-state index is -0.545. The second-order valence-corrected chi connectivity index (χ2v) is 5.05. The summed E-state index contributed by atoms with van der Waals surface area (Å²) in [5.41, 5.74) is 0.707. The van der Waals surface area contributed by atoms with Gasteiger partial charge in [0.1, 0.15) is 5.82 Å². The average molecular weight is 298 g/mol. The number of hydrogen-bond donors (Lipinski definition) is 1. The van der Waals surface area contributed by atoms with E-state index in [2.05, 4.69) is 12.2 Å². The van der Waals surface area contributed by atoms with Gasteiger partial charge >= 0.3 is 0 Å². The highest BCUT2D eigenvalue weighted by atomic mass is 35.5. The van der Waals surface area contributed by atoms with Crippen LogP contribution in [0.5, 0.6) is 0 Å². The molecule has 108 valence electrons. The lowest BCUT2D eigenvalue weighted by Gasteiger charge is -2.09. The maximum atomic E-state index is 13.6. The van der Waals surface area contributed by atoms with Gasteiger partial charge in [0.05, 0.1) is 10.6 Å². The van der Waals surface area contributed by atoms with Crippen LogP contribution in [0.4, 0.5) is 4.39 Å². The Labute approximate surface area is 122 Å². The van der Waals surface area contributed by atoms with Gasteiger partial charge in [-0.25, -0.2) is 4.39 Å². The average Bonchev–Trinajstić information content (AvgIpc) is 2.76. The van der Waals surface area contributed by atoms with E-state index in [1.165, 1.54) is 12.1 Å². The lowest BCUT2D eigenvalue weighted by atomic mass is 9.98. The summed E-state index contributed by atoms with van der Waals surface area (Å²) in [6.45, 7) is 2.05. The molecule has 1 aromatic carbocycles. The second-order valence-electron chi connectivity index (χ2n) is 4.67. The molecule has 0 saturated carbocycles. The number of Topliss-reactive ketones (excluding diaryl/α,β-unsaturated/α-hetero) is 1. The van der Waals surface area contributed by atoms with Gasteiger partial charge in [-0.2, -0.15) is 0 Å². The first-order valence-electron chi connectivity index (χ1n) is 6.67. The Hall–Kier alpha value is -1.55. The minimum absolute atomic E-state index is 0.0525. The number of ketones is 1. The van der Waals surface area contributed by atoms with E-state index in [1.54, 1.807) is 13.1 Å². The topological polar surface area (TPSA) is 38.3 Å². The first-order valence-corrected chi connectivity index (χ1v) is 7.05. The van der Waals surface area contributed by atoms with E-state index in [-0.39, 0.29) is 10.8 Å². The first kappa shape index (κ1) is 14.9. The molecule has 20 heavy (non-hydrogen) atoms. The molecule has 5 heteroatoms. The van der Waals surface area contributed by atoms with Crippen molar-refractivity contribution in [2.45, 2.75) is 32.3 Å². The molecule has 1 aliphatic rings. The van der Waals surface area contributed by atoms with Crippen LogP contribution < -0.4 is 5.32 Å². The quantitative estimate of drug-likeness (QED) is 0.903. The van der Waals surface area contributed by atoms with E-state index in [0.717, 1.165) is 12.8 Å². The third-order valence-corrected chi connectivity index (χ3v) is 3.68. The molecule has 1 N–H and O–H groups in total. The van der Waals surface area contributed by atoms with Crippen LogP contribution in [-0.2, 0) is 9.53 Å². The minimum Gasteiger partial charge on any atom is -0.467 e. The number of benzene rings is 1. The Balaban J connectivity index is 2.37. The van der Waals surface area contributed by atoms with Gasteiger partial charge in [-0.1, -0.05) is 37.1 Å². The predicted octanol–water partition coefficient (Wildman–Crippen LogP) is 3.53. The first-order chi connectivity index (χ1) is 9.60. The van der Waals surface area contributed by atoms with Gasteiger partial charge in [-0.3, -0.25) is 4.79 Å². The highest BCUT2D eigenvalue weighted by molar-refractivity contribution is 6.36. The zero-order valence-corrected chi connectivity index (χ0v) is 12.3. The second kappa shape index (κ2) is 6.27. The van der Waals surface area contributed by atoms with E-state index in [0.29, 0.717) is 23.4 Å². The van der Waals surface area contributed by atoms with Gasteiger partial charge in [-0.15, -0.1) is 0 Å². The molecule has 1 aliphatic heterocycles. The van der Waals surface area contributed by atoms with Crippen molar-refractivity contribution < 1.29 is 13.9 Å². The van der Waals surface area contributed by atoms with Crippen molar-refractivity contribution in [1.29, 1.82) is 0 Å². The Bertz CT molecular complexity index is 557. The van der Waals surface area contributed by atoms with Crippen LogP contribution in [0.25, 0.3) is 5.57 Å². The molecule has 0 spiro atoms.